The highest BCUT2D eigenvalue weighted by molar-refractivity contribution is 7.98. The molecule has 14 heavy (non-hydrogen) atoms. The van der Waals surface area contributed by atoms with Crippen LogP contribution in [0.3, 0.4) is 0 Å². The first-order valence-corrected chi connectivity index (χ1v) is 5.55. The zero-order valence-corrected chi connectivity index (χ0v) is 8.67. The maximum Gasteiger partial charge on any atom is 0.354 e. The second-order valence-corrected chi connectivity index (χ2v) is 3.64. The zero-order chi connectivity index (χ0) is 10.4. The summed E-state index contributed by atoms with van der Waals surface area (Å²) in [4.78, 5) is 14.3. The normalized spacial score (nSPS) is 9.79. The van der Waals surface area contributed by atoms with Gasteiger partial charge in [0, 0.05) is 12.3 Å². The molecule has 0 atom stereocenters. The Kier molecular flexibility index (Phi) is 4.25. The Bertz CT molecular complexity index is 300. The third-order valence-corrected chi connectivity index (χ3v) is 2.23. The van der Waals surface area contributed by atoms with Crippen molar-refractivity contribution >= 4 is 23.4 Å². The third kappa shape index (κ3) is 3.26. The molecule has 0 fully saturated rings. The van der Waals surface area contributed by atoms with Crippen molar-refractivity contribution in [3.63, 3.8) is 0 Å². The lowest BCUT2D eigenvalue weighted by Gasteiger charge is -2.04. The molecule has 0 aliphatic heterocycles. The van der Waals surface area contributed by atoms with Gasteiger partial charge in [-0.25, -0.2) is 9.78 Å². The average molecular weight is 212 g/mol. The van der Waals surface area contributed by atoms with Crippen molar-refractivity contribution < 1.29 is 9.90 Å². The van der Waals surface area contributed by atoms with E-state index in [1.165, 1.54) is 12.3 Å². The van der Waals surface area contributed by atoms with E-state index < -0.39 is 5.97 Å². The molecule has 1 aromatic rings. The number of aromatic nitrogens is 1. The molecule has 1 rings (SSSR count). The summed E-state index contributed by atoms with van der Waals surface area (Å²) in [5.41, 5.74) is 0.921. The van der Waals surface area contributed by atoms with Crippen LogP contribution in [0.2, 0.25) is 0 Å². The molecule has 0 aliphatic rings. The van der Waals surface area contributed by atoms with Gasteiger partial charge in [0.15, 0.2) is 0 Å². The van der Waals surface area contributed by atoms with Crippen molar-refractivity contribution in [3.05, 3.63) is 24.0 Å². The Labute approximate surface area is 86.7 Å². The van der Waals surface area contributed by atoms with Crippen LogP contribution in [0.4, 0.5) is 5.69 Å². The standard InChI is InChI=1S/C9H12N2O2S/c1-14-5-4-10-7-2-3-8(9(12)13)11-6-7/h2-3,6,10H,4-5H2,1H3,(H,12,13). The van der Waals surface area contributed by atoms with Gasteiger partial charge in [-0.05, 0) is 18.4 Å². The van der Waals surface area contributed by atoms with E-state index in [1.807, 2.05) is 6.26 Å². The number of hydrogen-bond donors (Lipinski definition) is 2. The summed E-state index contributed by atoms with van der Waals surface area (Å²) in [7, 11) is 0. The van der Waals surface area contributed by atoms with Crippen molar-refractivity contribution in [3.8, 4) is 0 Å². The third-order valence-electron chi connectivity index (χ3n) is 1.62. The summed E-state index contributed by atoms with van der Waals surface area (Å²) in [5, 5.41) is 11.7. The number of nitrogens with one attached hydrogen (secondary N) is 1. The highest BCUT2D eigenvalue weighted by Gasteiger charge is 2.02. The Morgan fingerprint density at radius 3 is 2.93 bits per heavy atom. The minimum Gasteiger partial charge on any atom is -0.477 e. The van der Waals surface area contributed by atoms with E-state index in [2.05, 4.69) is 10.3 Å². The Balaban J connectivity index is 2.51. The fourth-order valence-corrected chi connectivity index (χ4v) is 1.23. The quantitative estimate of drug-likeness (QED) is 0.725. The van der Waals surface area contributed by atoms with Gasteiger partial charge >= 0.3 is 5.97 Å². The smallest absolute Gasteiger partial charge is 0.354 e. The van der Waals surface area contributed by atoms with Crippen molar-refractivity contribution in [2.24, 2.45) is 0 Å². The van der Waals surface area contributed by atoms with Crippen molar-refractivity contribution in [1.29, 1.82) is 0 Å². The minimum atomic E-state index is -0.999. The van der Waals surface area contributed by atoms with Crippen LogP contribution in [0.5, 0.6) is 0 Å². The fourth-order valence-electron chi connectivity index (χ4n) is 0.922. The Morgan fingerprint density at radius 2 is 2.43 bits per heavy atom. The number of pyridine rings is 1. The van der Waals surface area contributed by atoms with Crippen LogP contribution in [-0.2, 0) is 0 Å². The highest BCUT2D eigenvalue weighted by atomic mass is 32.2. The molecule has 0 aromatic carbocycles. The molecule has 0 aliphatic carbocycles. The summed E-state index contributed by atoms with van der Waals surface area (Å²) in [6.45, 7) is 0.856. The van der Waals surface area contributed by atoms with Gasteiger partial charge in [0.1, 0.15) is 5.69 Å². The second-order valence-electron chi connectivity index (χ2n) is 2.66. The van der Waals surface area contributed by atoms with E-state index in [0.717, 1.165) is 18.0 Å². The van der Waals surface area contributed by atoms with Crippen molar-refractivity contribution in [2.75, 3.05) is 23.9 Å². The number of aromatic carboxylic acids is 1. The largest absolute Gasteiger partial charge is 0.477 e. The molecule has 2 N–H and O–H groups in total. The van der Waals surface area contributed by atoms with E-state index in [4.69, 9.17) is 5.11 Å². The molecule has 0 saturated carbocycles. The van der Waals surface area contributed by atoms with Gasteiger partial charge in [-0.3, -0.25) is 0 Å². The number of anilines is 1. The SMILES string of the molecule is CSCCNc1ccc(C(=O)O)nc1. The topological polar surface area (TPSA) is 62.2 Å². The van der Waals surface area contributed by atoms with Crippen LogP contribution in [0, 0.1) is 0 Å². The maximum absolute atomic E-state index is 10.5. The summed E-state index contributed by atoms with van der Waals surface area (Å²) >= 11 is 1.75. The summed E-state index contributed by atoms with van der Waals surface area (Å²) in [5.74, 6) is 0.0152. The van der Waals surface area contributed by atoms with Gasteiger partial charge in [0.05, 0.1) is 11.9 Å². The van der Waals surface area contributed by atoms with Gasteiger partial charge < -0.3 is 10.4 Å². The van der Waals surface area contributed by atoms with Gasteiger partial charge in [0.25, 0.3) is 0 Å². The minimum absolute atomic E-state index is 0.0698. The van der Waals surface area contributed by atoms with Crippen LogP contribution in [0.15, 0.2) is 18.3 Å². The summed E-state index contributed by atoms with van der Waals surface area (Å²) in [6.07, 6.45) is 3.57. The number of carboxylic acid groups (broad SMARTS) is 1. The van der Waals surface area contributed by atoms with E-state index in [0.29, 0.717) is 0 Å². The predicted octanol–water partition coefficient (Wildman–Crippen LogP) is 1.55. The summed E-state index contributed by atoms with van der Waals surface area (Å²) in [6, 6.07) is 3.21. The molecule has 0 amide bonds. The summed E-state index contributed by atoms with van der Waals surface area (Å²) < 4.78 is 0. The van der Waals surface area contributed by atoms with Crippen molar-refractivity contribution in [1.82, 2.24) is 4.98 Å². The number of carbonyl (C=O) groups is 1. The van der Waals surface area contributed by atoms with Crippen LogP contribution in [0.1, 0.15) is 10.5 Å². The second kappa shape index (κ2) is 5.49. The van der Waals surface area contributed by atoms with Gasteiger partial charge in [-0.2, -0.15) is 11.8 Å². The molecule has 0 bridgehead atoms. The number of hydrogen-bond acceptors (Lipinski definition) is 4. The van der Waals surface area contributed by atoms with Gasteiger partial charge in [-0.1, -0.05) is 0 Å². The van der Waals surface area contributed by atoms with Crippen LogP contribution in [0.25, 0.3) is 0 Å². The number of carboxylic acids is 1. The lowest BCUT2D eigenvalue weighted by atomic mass is 10.3. The molecule has 1 aromatic heterocycles. The zero-order valence-electron chi connectivity index (χ0n) is 7.86. The van der Waals surface area contributed by atoms with Crippen LogP contribution >= 0.6 is 11.8 Å². The molecule has 76 valence electrons. The number of nitrogens with zero attached hydrogens (tertiary/aromatic N) is 1. The van der Waals surface area contributed by atoms with Crippen LogP contribution < -0.4 is 5.32 Å². The van der Waals surface area contributed by atoms with Gasteiger partial charge in [0.2, 0.25) is 0 Å². The highest BCUT2D eigenvalue weighted by Crippen LogP contribution is 2.06. The van der Waals surface area contributed by atoms with E-state index >= 15 is 0 Å². The Morgan fingerprint density at radius 1 is 1.64 bits per heavy atom. The molecule has 0 saturated heterocycles. The van der Waals surface area contributed by atoms with E-state index in [1.54, 1.807) is 17.8 Å². The lowest BCUT2D eigenvalue weighted by Crippen LogP contribution is -2.05. The average Bonchev–Trinajstić information content (AvgIpc) is 2.19. The molecular weight excluding hydrogens is 200 g/mol. The molecule has 4 nitrogen and oxygen atoms in total. The first-order chi connectivity index (χ1) is 6.74. The maximum atomic E-state index is 10.5. The fraction of sp³-hybridized carbons (Fsp3) is 0.333. The van der Waals surface area contributed by atoms with E-state index in [9.17, 15) is 4.79 Å². The van der Waals surface area contributed by atoms with E-state index in [-0.39, 0.29) is 5.69 Å². The van der Waals surface area contributed by atoms with Crippen LogP contribution in [-0.4, -0.2) is 34.6 Å². The first-order valence-electron chi connectivity index (χ1n) is 4.16. The monoisotopic (exact) mass is 212 g/mol. The predicted molar refractivity (Wildman–Crippen MR) is 58.1 cm³/mol. The van der Waals surface area contributed by atoms with Gasteiger partial charge in [-0.15, -0.1) is 0 Å². The molecule has 5 heteroatoms. The molecule has 0 unspecified atom stereocenters. The Hall–Kier alpha value is -1.23. The first kappa shape index (κ1) is 10.8. The number of thioether (sulfide) groups is 1. The molecule has 0 radical (unpaired) electrons. The molecule has 1 heterocycles. The molecule has 0 spiro atoms. The molecular formula is C9H12N2O2S. The lowest BCUT2D eigenvalue weighted by molar-refractivity contribution is 0.0690. The number of rotatable bonds is 5. The van der Waals surface area contributed by atoms with Crippen molar-refractivity contribution in [2.45, 2.75) is 0 Å².